The second kappa shape index (κ2) is 6.97. The summed E-state index contributed by atoms with van der Waals surface area (Å²) in [4.78, 5) is 30.7. The average molecular weight is 409 g/mol. The molecule has 2 aliphatic heterocycles. The molecular weight excluding hydrogens is 394 g/mol. The lowest BCUT2D eigenvalue weighted by Gasteiger charge is -2.36. The minimum atomic E-state index is -3.04. The molecule has 7 nitrogen and oxygen atoms in total. The van der Waals surface area contributed by atoms with Gasteiger partial charge in [0.2, 0.25) is 11.8 Å². The quantitative estimate of drug-likeness (QED) is 0.774. The zero-order valence-corrected chi connectivity index (χ0v) is 15.3. The predicted octanol–water partition coefficient (Wildman–Crippen LogP) is 3.46. The minimum absolute atomic E-state index is 0.0434. The minimum Gasteiger partial charge on any atom is -0.337 e. The van der Waals surface area contributed by atoms with Crippen LogP contribution in [0, 0.1) is 0 Å². The summed E-state index contributed by atoms with van der Waals surface area (Å²) in [6, 6.07) is 4.98. The molecule has 2 aliphatic rings. The van der Waals surface area contributed by atoms with Crippen molar-refractivity contribution in [3.05, 3.63) is 46.6 Å². The molecule has 146 valence electrons. The first kappa shape index (κ1) is 18.5. The lowest BCUT2D eigenvalue weighted by molar-refractivity contribution is -0.137. The SMILES string of the molecule is O=C1CC2N(CCC2(F)F)C(=O)N1Cc1nc(/C=C/c2ccc(Cl)cc2)no1. The highest BCUT2D eigenvalue weighted by Crippen LogP contribution is 2.39. The summed E-state index contributed by atoms with van der Waals surface area (Å²) in [5.74, 6) is -3.42. The van der Waals surface area contributed by atoms with Crippen LogP contribution >= 0.6 is 11.6 Å². The average Bonchev–Trinajstić information content (AvgIpc) is 3.22. The fourth-order valence-corrected chi connectivity index (χ4v) is 3.41. The summed E-state index contributed by atoms with van der Waals surface area (Å²) in [6.07, 6.45) is 2.49. The molecule has 0 N–H and O–H groups in total. The van der Waals surface area contributed by atoms with Crippen LogP contribution < -0.4 is 0 Å². The molecule has 3 heterocycles. The molecule has 1 aromatic heterocycles. The number of hydrogen-bond acceptors (Lipinski definition) is 5. The van der Waals surface area contributed by atoms with Crippen molar-refractivity contribution in [3.8, 4) is 0 Å². The summed E-state index contributed by atoms with van der Waals surface area (Å²) in [5, 5.41) is 4.39. The number of carbonyl (C=O) groups is 2. The Morgan fingerprint density at radius 2 is 2.00 bits per heavy atom. The number of carbonyl (C=O) groups excluding carboxylic acids is 2. The second-order valence-electron chi connectivity index (χ2n) is 6.62. The van der Waals surface area contributed by atoms with Gasteiger partial charge in [-0.1, -0.05) is 35.0 Å². The summed E-state index contributed by atoms with van der Waals surface area (Å²) in [6.45, 7) is -0.340. The topological polar surface area (TPSA) is 79.5 Å². The van der Waals surface area contributed by atoms with E-state index in [9.17, 15) is 18.4 Å². The number of urea groups is 1. The van der Waals surface area contributed by atoms with Crippen molar-refractivity contribution in [2.75, 3.05) is 6.54 Å². The summed E-state index contributed by atoms with van der Waals surface area (Å²) in [5.41, 5.74) is 0.873. The van der Waals surface area contributed by atoms with Gasteiger partial charge in [0.15, 0.2) is 5.82 Å². The van der Waals surface area contributed by atoms with Crippen molar-refractivity contribution in [1.29, 1.82) is 0 Å². The maximum Gasteiger partial charge on any atom is 0.327 e. The maximum atomic E-state index is 13.8. The summed E-state index contributed by atoms with van der Waals surface area (Å²) >= 11 is 5.83. The first-order valence-corrected chi connectivity index (χ1v) is 8.96. The maximum absolute atomic E-state index is 13.8. The normalized spacial score (nSPS) is 21.6. The lowest BCUT2D eigenvalue weighted by Crippen LogP contribution is -2.57. The van der Waals surface area contributed by atoms with Crippen molar-refractivity contribution in [2.24, 2.45) is 0 Å². The van der Waals surface area contributed by atoms with E-state index in [2.05, 4.69) is 10.1 Å². The molecule has 0 bridgehead atoms. The number of nitrogens with zero attached hydrogens (tertiary/aromatic N) is 4. The van der Waals surface area contributed by atoms with E-state index in [4.69, 9.17) is 16.1 Å². The third-order valence-corrected chi connectivity index (χ3v) is 5.02. The molecule has 2 aromatic rings. The Morgan fingerprint density at radius 3 is 2.75 bits per heavy atom. The molecule has 1 aromatic carbocycles. The largest absolute Gasteiger partial charge is 0.337 e. The van der Waals surface area contributed by atoms with Gasteiger partial charge in [0.25, 0.3) is 5.92 Å². The van der Waals surface area contributed by atoms with E-state index in [0.717, 1.165) is 15.4 Å². The lowest BCUT2D eigenvalue weighted by atomic mass is 10.1. The third kappa shape index (κ3) is 3.49. The van der Waals surface area contributed by atoms with Crippen LogP contribution in [0.2, 0.25) is 5.02 Å². The van der Waals surface area contributed by atoms with E-state index in [0.29, 0.717) is 5.02 Å². The Morgan fingerprint density at radius 1 is 1.25 bits per heavy atom. The molecular formula is C18H15ClF2N4O3. The fourth-order valence-electron chi connectivity index (χ4n) is 3.28. The van der Waals surface area contributed by atoms with Crippen LogP contribution in [0.3, 0.4) is 0 Å². The van der Waals surface area contributed by atoms with Gasteiger partial charge in [-0.05, 0) is 23.8 Å². The molecule has 28 heavy (non-hydrogen) atoms. The van der Waals surface area contributed by atoms with Crippen LogP contribution in [0.5, 0.6) is 0 Å². The van der Waals surface area contributed by atoms with Crippen molar-refractivity contribution in [1.82, 2.24) is 19.9 Å². The number of halogens is 3. The van der Waals surface area contributed by atoms with Crippen molar-refractivity contribution in [3.63, 3.8) is 0 Å². The van der Waals surface area contributed by atoms with E-state index in [-0.39, 0.29) is 24.8 Å². The first-order valence-electron chi connectivity index (χ1n) is 8.58. The highest BCUT2D eigenvalue weighted by Gasteiger charge is 2.55. The Balaban J connectivity index is 1.44. The van der Waals surface area contributed by atoms with Crippen LogP contribution in [0.15, 0.2) is 28.8 Å². The molecule has 0 saturated carbocycles. The van der Waals surface area contributed by atoms with Gasteiger partial charge in [-0.25, -0.2) is 13.6 Å². The highest BCUT2D eigenvalue weighted by atomic mass is 35.5. The summed E-state index contributed by atoms with van der Waals surface area (Å²) in [7, 11) is 0. The number of fused-ring (bicyclic) bond motifs is 1. The molecule has 2 fully saturated rings. The van der Waals surface area contributed by atoms with E-state index < -0.39 is 36.7 Å². The number of rotatable bonds is 4. The molecule has 10 heteroatoms. The number of aromatic nitrogens is 2. The van der Waals surface area contributed by atoms with E-state index >= 15 is 0 Å². The molecule has 0 radical (unpaired) electrons. The van der Waals surface area contributed by atoms with Crippen molar-refractivity contribution >= 4 is 35.7 Å². The Kier molecular flexibility index (Phi) is 4.62. The van der Waals surface area contributed by atoms with Crippen LogP contribution in [0.1, 0.15) is 30.1 Å². The first-order chi connectivity index (χ1) is 13.3. The van der Waals surface area contributed by atoms with Crippen LogP contribution in [0.25, 0.3) is 12.2 Å². The molecule has 1 atom stereocenters. The van der Waals surface area contributed by atoms with Gasteiger partial charge >= 0.3 is 6.03 Å². The standard InChI is InChI=1S/C18H15ClF2N4O3/c19-12-4-1-11(2-5-12)3-6-14-22-15(28-23-14)10-25-16(26)9-13-18(20,21)7-8-24(13)17(25)27/h1-6,13H,7-10H2/b6-3+. The number of benzene rings is 1. The monoisotopic (exact) mass is 408 g/mol. The Hall–Kier alpha value is -2.81. The highest BCUT2D eigenvalue weighted by molar-refractivity contribution is 6.30. The van der Waals surface area contributed by atoms with Gasteiger partial charge in [0.05, 0.1) is 6.42 Å². The van der Waals surface area contributed by atoms with Gasteiger partial charge in [-0.2, -0.15) is 4.98 Å². The smallest absolute Gasteiger partial charge is 0.327 e. The number of hydrogen-bond donors (Lipinski definition) is 0. The number of alkyl halides is 2. The van der Waals surface area contributed by atoms with Crippen LogP contribution in [-0.2, 0) is 11.3 Å². The molecule has 0 aliphatic carbocycles. The van der Waals surface area contributed by atoms with E-state index in [1.54, 1.807) is 24.3 Å². The van der Waals surface area contributed by atoms with Crippen molar-refractivity contribution < 1.29 is 22.9 Å². The predicted molar refractivity (Wildman–Crippen MR) is 95.3 cm³/mol. The Labute approximate surface area is 163 Å². The number of imide groups is 1. The zero-order chi connectivity index (χ0) is 19.9. The second-order valence-corrected chi connectivity index (χ2v) is 7.05. The molecule has 0 spiro atoms. The fraction of sp³-hybridized carbons (Fsp3) is 0.333. The molecule has 3 amide bonds. The van der Waals surface area contributed by atoms with Crippen LogP contribution in [-0.4, -0.2) is 50.4 Å². The van der Waals surface area contributed by atoms with Crippen LogP contribution in [0.4, 0.5) is 13.6 Å². The number of amides is 3. The third-order valence-electron chi connectivity index (χ3n) is 4.77. The summed E-state index contributed by atoms with van der Waals surface area (Å²) < 4.78 is 32.7. The molecule has 4 rings (SSSR count). The van der Waals surface area contributed by atoms with Gasteiger partial charge < -0.3 is 9.42 Å². The van der Waals surface area contributed by atoms with Gasteiger partial charge in [-0.15, -0.1) is 0 Å². The molecule has 2 saturated heterocycles. The zero-order valence-electron chi connectivity index (χ0n) is 14.5. The van der Waals surface area contributed by atoms with Gasteiger partial charge in [-0.3, -0.25) is 9.69 Å². The van der Waals surface area contributed by atoms with E-state index in [1.165, 1.54) is 0 Å². The van der Waals surface area contributed by atoms with E-state index in [1.807, 2.05) is 12.1 Å². The van der Waals surface area contributed by atoms with Crippen molar-refractivity contribution in [2.45, 2.75) is 31.4 Å². The Bertz CT molecular complexity index is 945. The van der Waals surface area contributed by atoms with Gasteiger partial charge in [0.1, 0.15) is 12.6 Å². The van der Waals surface area contributed by atoms with Gasteiger partial charge in [0, 0.05) is 18.0 Å². The molecule has 1 unspecified atom stereocenters.